The van der Waals surface area contributed by atoms with E-state index in [-0.39, 0.29) is 0 Å². The largest absolute Gasteiger partial charge is 0.444 e. The standard InChI is InChI=1S/C18H33N5O2/c1-4-24-11-5-8-20-18(19)21-12-16-6-9-23(10-7-16)13-17-22-14(2)15(3)25-17/h16H,4-13H2,1-3H3,(H3,19,20,21). The molecule has 0 unspecified atom stereocenters. The molecule has 142 valence electrons. The molecule has 3 N–H and O–H groups in total. The second kappa shape index (κ2) is 10.4. The van der Waals surface area contributed by atoms with E-state index in [9.17, 15) is 0 Å². The van der Waals surface area contributed by atoms with Gasteiger partial charge in [0, 0.05) is 26.3 Å². The molecular formula is C18H33N5O2. The van der Waals surface area contributed by atoms with Gasteiger partial charge in [0.05, 0.1) is 12.2 Å². The van der Waals surface area contributed by atoms with Crippen LogP contribution in [-0.4, -0.2) is 55.2 Å². The summed E-state index contributed by atoms with van der Waals surface area (Å²) in [6.45, 7) is 12.0. The SMILES string of the molecule is CCOCCCNC(N)=NCC1CCN(Cc2nc(C)c(C)o2)CC1. The van der Waals surface area contributed by atoms with Crippen molar-refractivity contribution in [2.75, 3.05) is 39.4 Å². The molecule has 1 fully saturated rings. The molecule has 0 spiro atoms. The molecule has 0 saturated carbocycles. The normalized spacial score (nSPS) is 17.2. The summed E-state index contributed by atoms with van der Waals surface area (Å²) in [5, 5.41) is 3.15. The number of piperidine rings is 1. The third-order valence-electron chi connectivity index (χ3n) is 4.63. The van der Waals surface area contributed by atoms with Crippen LogP contribution in [0.4, 0.5) is 0 Å². The predicted octanol–water partition coefficient (Wildman–Crippen LogP) is 1.83. The minimum atomic E-state index is 0.546. The number of aromatic nitrogens is 1. The number of oxazole rings is 1. The van der Waals surface area contributed by atoms with E-state index >= 15 is 0 Å². The second-order valence-corrected chi connectivity index (χ2v) is 6.67. The molecule has 1 aliphatic heterocycles. The Balaban J connectivity index is 1.62. The number of nitrogens with zero attached hydrogens (tertiary/aromatic N) is 3. The first-order valence-electron chi connectivity index (χ1n) is 9.35. The highest BCUT2D eigenvalue weighted by molar-refractivity contribution is 5.77. The van der Waals surface area contributed by atoms with Gasteiger partial charge in [-0.2, -0.15) is 0 Å². The van der Waals surface area contributed by atoms with Crippen molar-refractivity contribution < 1.29 is 9.15 Å². The monoisotopic (exact) mass is 351 g/mol. The Morgan fingerprint density at radius 2 is 2.16 bits per heavy atom. The molecule has 25 heavy (non-hydrogen) atoms. The van der Waals surface area contributed by atoms with E-state index in [1.807, 2.05) is 20.8 Å². The number of guanidine groups is 1. The van der Waals surface area contributed by atoms with E-state index < -0.39 is 0 Å². The van der Waals surface area contributed by atoms with Crippen LogP contribution in [0.15, 0.2) is 9.41 Å². The Morgan fingerprint density at radius 1 is 1.40 bits per heavy atom. The van der Waals surface area contributed by atoms with Gasteiger partial charge in [-0.05, 0) is 59.0 Å². The summed E-state index contributed by atoms with van der Waals surface area (Å²) in [5.41, 5.74) is 6.91. The number of rotatable bonds is 9. The van der Waals surface area contributed by atoms with Crippen LogP contribution in [0.2, 0.25) is 0 Å². The van der Waals surface area contributed by atoms with E-state index in [1.54, 1.807) is 0 Å². The zero-order valence-corrected chi connectivity index (χ0v) is 15.9. The van der Waals surface area contributed by atoms with Gasteiger partial charge >= 0.3 is 0 Å². The Bertz CT molecular complexity index is 516. The molecule has 0 radical (unpaired) electrons. The van der Waals surface area contributed by atoms with Gasteiger partial charge in [-0.3, -0.25) is 9.89 Å². The molecule has 7 heteroatoms. The zero-order chi connectivity index (χ0) is 18.1. The lowest BCUT2D eigenvalue weighted by atomic mass is 9.97. The molecule has 0 aromatic carbocycles. The maximum Gasteiger partial charge on any atom is 0.208 e. The van der Waals surface area contributed by atoms with E-state index in [4.69, 9.17) is 14.9 Å². The first kappa shape index (κ1) is 19.7. The highest BCUT2D eigenvalue weighted by Crippen LogP contribution is 2.20. The molecule has 2 heterocycles. The summed E-state index contributed by atoms with van der Waals surface area (Å²) in [6, 6.07) is 0. The molecule has 1 aliphatic rings. The highest BCUT2D eigenvalue weighted by atomic mass is 16.5. The molecule has 1 saturated heterocycles. The topological polar surface area (TPSA) is 88.9 Å². The molecule has 0 amide bonds. The lowest BCUT2D eigenvalue weighted by molar-refractivity contribution is 0.145. The summed E-state index contributed by atoms with van der Waals surface area (Å²) in [6.07, 6.45) is 3.22. The molecule has 7 nitrogen and oxygen atoms in total. The number of ether oxygens (including phenoxy) is 1. The van der Waals surface area contributed by atoms with Crippen LogP contribution in [0, 0.1) is 19.8 Å². The minimum absolute atomic E-state index is 0.546. The number of aryl methyl sites for hydroxylation is 2. The van der Waals surface area contributed by atoms with Gasteiger partial charge in [-0.15, -0.1) is 0 Å². The van der Waals surface area contributed by atoms with E-state index in [1.165, 1.54) is 0 Å². The first-order chi connectivity index (χ1) is 12.1. The van der Waals surface area contributed by atoms with Crippen LogP contribution >= 0.6 is 0 Å². The van der Waals surface area contributed by atoms with E-state index in [0.717, 1.165) is 82.5 Å². The van der Waals surface area contributed by atoms with Crippen molar-refractivity contribution in [1.82, 2.24) is 15.2 Å². The van der Waals surface area contributed by atoms with Gasteiger partial charge in [-0.1, -0.05) is 0 Å². The smallest absolute Gasteiger partial charge is 0.208 e. The van der Waals surface area contributed by atoms with Crippen molar-refractivity contribution in [1.29, 1.82) is 0 Å². The Morgan fingerprint density at radius 3 is 2.80 bits per heavy atom. The van der Waals surface area contributed by atoms with Gasteiger partial charge in [0.2, 0.25) is 5.89 Å². The molecule has 1 aromatic heterocycles. The van der Waals surface area contributed by atoms with Gasteiger partial charge in [0.25, 0.3) is 0 Å². The van der Waals surface area contributed by atoms with Crippen molar-refractivity contribution in [2.24, 2.45) is 16.6 Å². The Labute approximate surface area is 151 Å². The second-order valence-electron chi connectivity index (χ2n) is 6.67. The number of nitrogens with one attached hydrogen (secondary N) is 1. The lowest BCUT2D eigenvalue weighted by Gasteiger charge is -2.30. The maximum atomic E-state index is 5.92. The van der Waals surface area contributed by atoms with Crippen molar-refractivity contribution in [2.45, 2.75) is 46.6 Å². The summed E-state index contributed by atoms with van der Waals surface area (Å²) in [4.78, 5) is 11.4. The quantitative estimate of drug-likeness (QED) is 0.401. The van der Waals surface area contributed by atoms with Gasteiger partial charge in [0.1, 0.15) is 5.76 Å². The molecule has 2 rings (SSSR count). The fourth-order valence-electron chi connectivity index (χ4n) is 2.94. The Hall–Kier alpha value is -1.60. The molecule has 0 bridgehead atoms. The van der Waals surface area contributed by atoms with Crippen molar-refractivity contribution in [3.8, 4) is 0 Å². The average Bonchev–Trinajstić information content (AvgIpc) is 2.91. The fraction of sp³-hybridized carbons (Fsp3) is 0.778. The minimum Gasteiger partial charge on any atom is -0.444 e. The van der Waals surface area contributed by atoms with Crippen molar-refractivity contribution in [3.63, 3.8) is 0 Å². The van der Waals surface area contributed by atoms with Crippen molar-refractivity contribution in [3.05, 3.63) is 17.3 Å². The van der Waals surface area contributed by atoms with Crippen LogP contribution in [0.1, 0.15) is 43.5 Å². The third-order valence-corrected chi connectivity index (χ3v) is 4.63. The molecule has 0 atom stereocenters. The average molecular weight is 351 g/mol. The number of likely N-dealkylation sites (tertiary alicyclic amines) is 1. The van der Waals surface area contributed by atoms with Gasteiger partial charge in [0.15, 0.2) is 5.96 Å². The lowest BCUT2D eigenvalue weighted by Crippen LogP contribution is -2.36. The van der Waals surface area contributed by atoms with Crippen LogP contribution in [0.25, 0.3) is 0 Å². The number of aliphatic imine (C=N–C) groups is 1. The summed E-state index contributed by atoms with van der Waals surface area (Å²) >= 11 is 0. The Kier molecular flexibility index (Phi) is 8.21. The van der Waals surface area contributed by atoms with Gasteiger partial charge < -0.3 is 20.2 Å². The number of hydrogen-bond acceptors (Lipinski definition) is 5. The van der Waals surface area contributed by atoms with Crippen LogP contribution in [0.5, 0.6) is 0 Å². The third kappa shape index (κ3) is 7.04. The molecular weight excluding hydrogens is 318 g/mol. The van der Waals surface area contributed by atoms with Crippen LogP contribution in [-0.2, 0) is 11.3 Å². The maximum absolute atomic E-state index is 5.92. The zero-order valence-electron chi connectivity index (χ0n) is 15.9. The molecule has 0 aliphatic carbocycles. The van der Waals surface area contributed by atoms with E-state index in [0.29, 0.717) is 11.9 Å². The summed E-state index contributed by atoms with van der Waals surface area (Å²) in [7, 11) is 0. The summed E-state index contributed by atoms with van der Waals surface area (Å²) < 4.78 is 11.0. The van der Waals surface area contributed by atoms with Crippen LogP contribution in [0.3, 0.4) is 0 Å². The summed E-state index contributed by atoms with van der Waals surface area (Å²) in [5.74, 6) is 2.90. The highest BCUT2D eigenvalue weighted by Gasteiger charge is 2.20. The van der Waals surface area contributed by atoms with Crippen molar-refractivity contribution >= 4 is 5.96 Å². The van der Waals surface area contributed by atoms with Crippen LogP contribution < -0.4 is 11.1 Å². The van der Waals surface area contributed by atoms with E-state index in [2.05, 4.69) is 20.2 Å². The fourth-order valence-corrected chi connectivity index (χ4v) is 2.94. The van der Waals surface area contributed by atoms with Gasteiger partial charge in [-0.25, -0.2) is 4.98 Å². The molecule has 1 aromatic rings. The number of nitrogens with two attached hydrogens (primary N) is 1. The first-order valence-corrected chi connectivity index (χ1v) is 9.35. The number of hydrogen-bond donors (Lipinski definition) is 2. The predicted molar refractivity (Wildman–Crippen MR) is 99.6 cm³/mol.